The van der Waals surface area contributed by atoms with Gasteiger partial charge in [-0.15, -0.1) is 0 Å². The second-order valence-corrected chi connectivity index (χ2v) is 3.48. The Morgan fingerprint density at radius 1 is 1.58 bits per heavy atom. The lowest BCUT2D eigenvalue weighted by Crippen LogP contribution is -2.24. The maximum Gasteiger partial charge on any atom is 0.138 e. The summed E-state index contributed by atoms with van der Waals surface area (Å²) in [4.78, 5) is 11.5. The van der Waals surface area contributed by atoms with Crippen molar-refractivity contribution in [3.63, 3.8) is 0 Å². The molecule has 12 heavy (non-hydrogen) atoms. The van der Waals surface area contributed by atoms with Crippen LogP contribution in [0.25, 0.3) is 0 Å². The Morgan fingerprint density at radius 3 is 3.00 bits per heavy atom. The van der Waals surface area contributed by atoms with Gasteiger partial charge in [0.15, 0.2) is 0 Å². The number of ether oxygens (including phenoxy) is 1. The molecule has 1 rings (SSSR count). The lowest BCUT2D eigenvalue weighted by Gasteiger charge is -2.20. The zero-order valence-corrected chi connectivity index (χ0v) is 7.84. The largest absolute Gasteiger partial charge is 0.381 e. The van der Waals surface area contributed by atoms with Crippen LogP contribution in [0.15, 0.2) is 0 Å². The lowest BCUT2D eigenvalue weighted by atomic mass is 9.94. The minimum Gasteiger partial charge on any atom is -0.381 e. The third kappa shape index (κ3) is 2.94. The number of carbonyl (C=O) groups is 1. The molecule has 0 amide bonds. The number of unbranched alkanes of at least 4 members (excludes halogenated alkanes) is 1. The molecule has 0 spiro atoms. The van der Waals surface area contributed by atoms with Crippen LogP contribution >= 0.6 is 0 Å². The highest BCUT2D eigenvalue weighted by molar-refractivity contribution is 5.81. The molecule has 1 unspecified atom stereocenters. The summed E-state index contributed by atoms with van der Waals surface area (Å²) >= 11 is 0. The van der Waals surface area contributed by atoms with Crippen molar-refractivity contribution in [2.75, 3.05) is 13.2 Å². The molecule has 0 radical (unpaired) electrons. The molecule has 0 aliphatic carbocycles. The van der Waals surface area contributed by atoms with Crippen LogP contribution in [0.2, 0.25) is 0 Å². The molecule has 0 N–H and O–H groups in total. The molecule has 1 aliphatic heterocycles. The topological polar surface area (TPSA) is 26.3 Å². The van der Waals surface area contributed by atoms with Crippen LogP contribution < -0.4 is 0 Å². The minimum atomic E-state index is 0.213. The quantitative estimate of drug-likeness (QED) is 0.646. The van der Waals surface area contributed by atoms with Gasteiger partial charge in [-0.1, -0.05) is 13.3 Å². The second-order valence-electron chi connectivity index (χ2n) is 3.48. The van der Waals surface area contributed by atoms with E-state index in [4.69, 9.17) is 4.74 Å². The number of hydrogen-bond donors (Lipinski definition) is 0. The molecular weight excluding hydrogens is 152 g/mol. The zero-order chi connectivity index (χ0) is 8.81. The first-order valence-corrected chi connectivity index (χ1v) is 4.95. The van der Waals surface area contributed by atoms with Gasteiger partial charge in [0.25, 0.3) is 0 Å². The van der Waals surface area contributed by atoms with Crippen LogP contribution in [0.4, 0.5) is 0 Å². The van der Waals surface area contributed by atoms with E-state index in [9.17, 15) is 4.79 Å². The zero-order valence-electron chi connectivity index (χ0n) is 7.84. The van der Waals surface area contributed by atoms with Gasteiger partial charge in [0, 0.05) is 18.9 Å². The number of Topliss-reactive ketones (excluding diaryl/α,β-unsaturated/α-hetero) is 1. The maximum atomic E-state index is 11.5. The summed E-state index contributed by atoms with van der Waals surface area (Å²) in [5.41, 5.74) is 0. The van der Waals surface area contributed by atoms with Crippen LogP contribution in [-0.2, 0) is 9.53 Å². The third-order valence-electron chi connectivity index (χ3n) is 2.39. The number of hydrogen-bond acceptors (Lipinski definition) is 2. The number of ketones is 1. The van der Waals surface area contributed by atoms with Gasteiger partial charge in [0.05, 0.1) is 6.61 Å². The van der Waals surface area contributed by atoms with Crippen molar-refractivity contribution in [2.24, 2.45) is 5.92 Å². The predicted molar refractivity (Wildman–Crippen MR) is 48.1 cm³/mol. The maximum absolute atomic E-state index is 11.5. The van der Waals surface area contributed by atoms with Gasteiger partial charge < -0.3 is 4.74 Å². The van der Waals surface area contributed by atoms with Crippen LogP contribution in [0.3, 0.4) is 0 Å². The summed E-state index contributed by atoms with van der Waals surface area (Å²) in [6, 6.07) is 0. The van der Waals surface area contributed by atoms with E-state index in [2.05, 4.69) is 6.92 Å². The molecule has 1 fully saturated rings. The lowest BCUT2D eigenvalue weighted by molar-refractivity contribution is -0.126. The molecule has 2 nitrogen and oxygen atoms in total. The van der Waals surface area contributed by atoms with Gasteiger partial charge >= 0.3 is 0 Å². The molecular formula is C10H18O2. The Labute approximate surface area is 74.3 Å². The van der Waals surface area contributed by atoms with E-state index in [1.54, 1.807) is 0 Å². The van der Waals surface area contributed by atoms with E-state index in [-0.39, 0.29) is 5.92 Å². The van der Waals surface area contributed by atoms with E-state index in [0.717, 1.165) is 38.7 Å². The first-order valence-electron chi connectivity index (χ1n) is 4.95. The van der Waals surface area contributed by atoms with E-state index in [1.165, 1.54) is 0 Å². The fourth-order valence-electron chi connectivity index (χ4n) is 1.55. The summed E-state index contributed by atoms with van der Waals surface area (Å²) in [7, 11) is 0. The Morgan fingerprint density at radius 2 is 2.42 bits per heavy atom. The highest BCUT2D eigenvalue weighted by Gasteiger charge is 2.20. The average molecular weight is 170 g/mol. The Hall–Kier alpha value is -0.370. The van der Waals surface area contributed by atoms with E-state index in [1.807, 2.05) is 0 Å². The Balaban J connectivity index is 2.20. The standard InChI is InChI=1S/C10H18O2/c1-2-3-6-10(11)9-5-4-7-12-8-9/h9H,2-8H2,1H3. The summed E-state index contributed by atoms with van der Waals surface area (Å²) in [5.74, 6) is 0.627. The highest BCUT2D eigenvalue weighted by atomic mass is 16.5. The predicted octanol–water partition coefficient (Wildman–Crippen LogP) is 2.17. The Kier molecular flexibility index (Phi) is 4.30. The van der Waals surface area contributed by atoms with Crippen molar-refractivity contribution >= 4 is 5.78 Å². The molecule has 0 aromatic rings. The molecule has 0 aromatic carbocycles. The minimum absolute atomic E-state index is 0.213. The van der Waals surface area contributed by atoms with E-state index < -0.39 is 0 Å². The first-order chi connectivity index (χ1) is 5.84. The van der Waals surface area contributed by atoms with Gasteiger partial charge in [0.1, 0.15) is 5.78 Å². The van der Waals surface area contributed by atoms with Crippen LogP contribution in [0.1, 0.15) is 39.0 Å². The van der Waals surface area contributed by atoms with E-state index in [0.29, 0.717) is 12.4 Å². The SMILES string of the molecule is CCCCC(=O)C1CCCOC1. The fraction of sp³-hybridized carbons (Fsp3) is 0.900. The Bertz CT molecular complexity index is 137. The summed E-state index contributed by atoms with van der Waals surface area (Å²) < 4.78 is 5.26. The number of carbonyl (C=O) groups excluding carboxylic acids is 1. The summed E-state index contributed by atoms with van der Waals surface area (Å²) in [6.45, 7) is 3.63. The molecule has 0 bridgehead atoms. The van der Waals surface area contributed by atoms with Crippen molar-refractivity contribution in [2.45, 2.75) is 39.0 Å². The van der Waals surface area contributed by atoms with Crippen LogP contribution in [-0.4, -0.2) is 19.0 Å². The van der Waals surface area contributed by atoms with Gasteiger partial charge in [-0.3, -0.25) is 4.79 Å². The van der Waals surface area contributed by atoms with Gasteiger partial charge in [-0.2, -0.15) is 0 Å². The molecule has 0 saturated carbocycles. The summed E-state index contributed by atoms with van der Waals surface area (Å²) in [5, 5.41) is 0. The van der Waals surface area contributed by atoms with E-state index >= 15 is 0 Å². The van der Waals surface area contributed by atoms with Crippen molar-refractivity contribution in [3.8, 4) is 0 Å². The fourth-order valence-corrected chi connectivity index (χ4v) is 1.55. The normalized spacial score (nSPS) is 23.9. The van der Waals surface area contributed by atoms with Crippen LogP contribution in [0, 0.1) is 5.92 Å². The van der Waals surface area contributed by atoms with Crippen molar-refractivity contribution in [3.05, 3.63) is 0 Å². The molecule has 0 aromatic heterocycles. The molecule has 1 aliphatic rings. The van der Waals surface area contributed by atoms with Crippen LogP contribution in [0.5, 0.6) is 0 Å². The first kappa shape index (κ1) is 9.72. The number of rotatable bonds is 4. The van der Waals surface area contributed by atoms with Gasteiger partial charge in [-0.25, -0.2) is 0 Å². The highest BCUT2D eigenvalue weighted by Crippen LogP contribution is 2.16. The smallest absolute Gasteiger partial charge is 0.138 e. The van der Waals surface area contributed by atoms with Gasteiger partial charge in [0.2, 0.25) is 0 Å². The summed E-state index contributed by atoms with van der Waals surface area (Å²) in [6.07, 6.45) is 5.00. The molecule has 1 atom stereocenters. The average Bonchev–Trinajstić information content (AvgIpc) is 2.15. The van der Waals surface area contributed by atoms with Crippen molar-refractivity contribution in [1.29, 1.82) is 0 Å². The van der Waals surface area contributed by atoms with Crippen molar-refractivity contribution in [1.82, 2.24) is 0 Å². The molecule has 2 heteroatoms. The van der Waals surface area contributed by atoms with Gasteiger partial charge in [-0.05, 0) is 19.3 Å². The molecule has 1 saturated heterocycles. The monoisotopic (exact) mass is 170 g/mol. The second kappa shape index (κ2) is 5.31. The molecule has 1 heterocycles. The third-order valence-corrected chi connectivity index (χ3v) is 2.39. The molecule has 70 valence electrons. The van der Waals surface area contributed by atoms with Crippen molar-refractivity contribution < 1.29 is 9.53 Å².